The van der Waals surface area contributed by atoms with Crippen LogP contribution < -0.4 is 5.32 Å². The third-order valence-electron chi connectivity index (χ3n) is 3.03. The van der Waals surface area contributed by atoms with Crippen LogP contribution in [0.1, 0.15) is 13.8 Å². The number of nitrogens with one attached hydrogen (secondary N) is 1. The van der Waals surface area contributed by atoms with Gasteiger partial charge in [0.25, 0.3) is 0 Å². The van der Waals surface area contributed by atoms with E-state index in [9.17, 15) is 9.90 Å². The molecule has 0 saturated carbocycles. The Morgan fingerprint density at radius 1 is 1.17 bits per heavy atom. The highest BCUT2D eigenvalue weighted by Crippen LogP contribution is 2.30. The third kappa shape index (κ3) is 2.19. The number of carbonyl (C=O) groups excluding carboxylic acids is 1. The molecule has 0 fully saturated rings. The first-order valence-corrected chi connectivity index (χ1v) is 6.02. The fourth-order valence-corrected chi connectivity index (χ4v) is 2.07. The van der Waals surface area contributed by atoms with Gasteiger partial charge in [-0.25, -0.2) is 0 Å². The summed E-state index contributed by atoms with van der Waals surface area (Å²) in [5.41, 5.74) is 2.23. The van der Waals surface area contributed by atoms with E-state index in [0.29, 0.717) is 16.8 Å². The molecule has 1 aliphatic rings. The summed E-state index contributed by atoms with van der Waals surface area (Å²) in [5.74, 6) is -0.277. The molecule has 0 aliphatic heterocycles. The second kappa shape index (κ2) is 4.96. The average Bonchev–Trinajstić information content (AvgIpc) is 2.40. The minimum absolute atomic E-state index is 0.0894. The lowest BCUT2D eigenvalue weighted by Crippen LogP contribution is -2.27. The summed E-state index contributed by atoms with van der Waals surface area (Å²) in [6.07, 6.45) is -0.804. The minimum Gasteiger partial charge on any atom is -0.384 e. The number of hydrogen-bond acceptors (Lipinski definition) is 3. The standard InChI is InChI=1S/C14H14ClNO2/c1-8-11(15)14(18)12(9(2)13(8)17)16-10-6-4-3-5-7-10/h3-7,13,16-17H,1-2H3. The molecule has 0 aromatic heterocycles. The number of para-hydroxylation sites is 1. The van der Waals surface area contributed by atoms with Gasteiger partial charge >= 0.3 is 0 Å². The van der Waals surface area contributed by atoms with Crippen LogP contribution in [0.4, 0.5) is 5.69 Å². The van der Waals surface area contributed by atoms with E-state index < -0.39 is 6.10 Å². The van der Waals surface area contributed by atoms with Gasteiger partial charge in [-0.05, 0) is 37.1 Å². The highest BCUT2D eigenvalue weighted by Gasteiger charge is 2.29. The predicted octanol–water partition coefficient (Wildman–Crippen LogP) is 2.83. The first-order valence-electron chi connectivity index (χ1n) is 5.64. The van der Waals surface area contributed by atoms with Crippen molar-refractivity contribution < 1.29 is 9.90 Å². The van der Waals surface area contributed by atoms with Crippen LogP contribution in [0, 0.1) is 0 Å². The molecule has 94 valence electrons. The van der Waals surface area contributed by atoms with E-state index in [1.54, 1.807) is 13.8 Å². The van der Waals surface area contributed by atoms with Crippen molar-refractivity contribution in [1.29, 1.82) is 0 Å². The largest absolute Gasteiger partial charge is 0.384 e. The van der Waals surface area contributed by atoms with Crippen LogP contribution in [0.5, 0.6) is 0 Å². The Kier molecular flexibility index (Phi) is 3.55. The topological polar surface area (TPSA) is 49.3 Å². The molecule has 1 aromatic carbocycles. The number of benzene rings is 1. The molecule has 0 bridgehead atoms. The number of aliphatic hydroxyl groups is 1. The fourth-order valence-electron chi connectivity index (χ4n) is 1.87. The number of ketones is 1. The first kappa shape index (κ1) is 12.9. The number of Topliss-reactive ketones (excluding diaryl/α,β-unsaturated/α-hetero) is 1. The summed E-state index contributed by atoms with van der Waals surface area (Å²) >= 11 is 5.93. The Labute approximate surface area is 111 Å². The molecular formula is C14H14ClNO2. The van der Waals surface area contributed by atoms with Crippen molar-refractivity contribution in [2.75, 3.05) is 5.32 Å². The molecular weight excluding hydrogens is 250 g/mol. The number of halogens is 1. The highest BCUT2D eigenvalue weighted by atomic mass is 35.5. The minimum atomic E-state index is -0.804. The summed E-state index contributed by atoms with van der Waals surface area (Å²) in [7, 11) is 0. The summed E-state index contributed by atoms with van der Waals surface area (Å²) in [6, 6.07) is 9.31. The zero-order chi connectivity index (χ0) is 13.3. The maximum atomic E-state index is 12.1. The number of aliphatic hydroxyl groups excluding tert-OH is 1. The van der Waals surface area contributed by atoms with E-state index in [0.717, 1.165) is 5.69 Å². The van der Waals surface area contributed by atoms with Gasteiger partial charge in [0, 0.05) is 5.69 Å². The van der Waals surface area contributed by atoms with Gasteiger partial charge < -0.3 is 10.4 Å². The van der Waals surface area contributed by atoms with Crippen LogP contribution in [-0.2, 0) is 4.79 Å². The van der Waals surface area contributed by atoms with Crippen LogP contribution in [0.25, 0.3) is 0 Å². The number of rotatable bonds is 2. The number of anilines is 1. The Hall–Kier alpha value is -1.58. The van der Waals surface area contributed by atoms with E-state index in [2.05, 4.69) is 5.32 Å². The Balaban J connectivity index is 2.36. The van der Waals surface area contributed by atoms with Crippen LogP contribution in [0.15, 0.2) is 52.2 Å². The normalized spacial score (nSPS) is 20.4. The van der Waals surface area contributed by atoms with Gasteiger partial charge in [-0.2, -0.15) is 0 Å². The van der Waals surface area contributed by atoms with E-state index in [1.807, 2.05) is 30.3 Å². The molecule has 0 amide bonds. The summed E-state index contributed by atoms with van der Waals surface area (Å²) in [6.45, 7) is 3.38. The van der Waals surface area contributed by atoms with Crippen molar-refractivity contribution in [3.05, 3.63) is 52.2 Å². The number of hydrogen-bond donors (Lipinski definition) is 2. The van der Waals surface area contributed by atoms with Crippen LogP contribution in [-0.4, -0.2) is 17.0 Å². The monoisotopic (exact) mass is 263 g/mol. The van der Waals surface area contributed by atoms with Gasteiger partial charge in [0.2, 0.25) is 5.78 Å². The van der Waals surface area contributed by atoms with Crippen molar-refractivity contribution in [3.8, 4) is 0 Å². The van der Waals surface area contributed by atoms with Gasteiger partial charge in [0.15, 0.2) is 0 Å². The van der Waals surface area contributed by atoms with E-state index in [4.69, 9.17) is 11.6 Å². The van der Waals surface area contributed by atoms with Crippen molar-refractivity contribution in [3.63, 3.8) is 0 Å². The molecule has 1 aromatic rings. The molecule has 0 radical (unpaired) electrons. The smallest absolute Gasteiger partial charge is 0.220 e. The zero-order valence-electron chi connectivity index (χ0n) is 10.2. The number of allylic oxidation sites excluding steroid dienone is 1. The van der Waals surface area contributed by atoms with Crippen LogP contribution >= 0.6 is 11.6 Å². The molecule has 2 rings (SSSR count). The van der Waals surface area contributed by atoms with E-state index in [1.165, 1.54) is 0 Å². The lowest BCUT2D eigenvalue weighted by Gasteiger charge is -2.24. The van der Waals surface area contributed by atoms with Gasteiger partial charge in [0.1, 0.15) is 0 Å². The maximum Gasteiger partial charge on any atom is 0.220 e. The Morgan fingerprint density at radius 2 is 1.78 bits per heavy atom. The summed E-state index contributed by atoms with van der Waals surface area (Å²) < 4.78 is 0. The third-order valence-corrected chi connectivity index (χ3v) is 3.50. The first-order chi connectivity index (χ1) is 8.52. The molecule has 1 aliphatic carbocycles. The summed E-state index contributed by atoms with van der Waals surface area (Å²) in [4.78, 5) is 12.1. The lowest BCUT2D eigenvalue weighted by atomic mass is 9.93. The SMILES string of the molecule is CC1=C(Cl)C(=O)C(Nc2ccccc2)=C(C)C1O. The van der Waals surface area contributed by atoms with Gasteiger partial charge in [-0.1, -0.05) is 29.8 Å². The van der Waals surface area contributed by atoms with E-state index in [-0.39, 0.29) is 10.8 Å². The van der Waals surface area contributed by atoms with Gasteiger partial charge in [-0.15, -0.1) is 0 Å². The highest BCUT2D eigenvalue weighted by molar-refractivity contribution is 6.46. The zero-order valence-corrected chi connectivity index (χ0v) is 11.0. The van der Waals surface area contributed by atoms with Crippen LogP contribution in [0.3, 0.4) is 0 Å². The Bertz CT molecular complexity index is 546. The fraction of sp³-hybridized carbons (Fsp3) is 0.214. The van der Waals surface area contributed by atoms with E-state index >= 15 is 0 Å². The van der Waals surface area contributed by atoms with Crippen molar-refractivity contribution in [2.24, 2.45) is 0 Å². The molecule has 0 saturated heterocycles. The predicted molar refractivity (Wildman–Crippen MR) is 72.3 cm³/mol. The average molecular weight is 264 g/mol. The second-order valence-corrected chi connectivity index (χ2v) is 4.66. The van der Waals surface area contributed by atoms with Crippen molar-refractivity contribution in [1.82, 2.24) is 0 Å². The molecule has 0 heterocycles. The molecule has 0 spiro atoms. The van der Waals surface area contributed by atoms with Crippen molar-refractivity contribution in [2.45, 2.75) is 20.0 Å². The molecule has 18 heavy (non-hydrogen) atoms. The van der Waals surface area contributed by atoms with Gasteiger partial charge in [-0.3, -0.25) is 4.79 Å². The lowest BCUT2D eigenvalue weighted by molar-refractivity contribution is -0.112. The second-order valence-electron chi connectivity index (χ2n) is 4.28. The quantitative estimate of drug-likeness (QED) is 0.863. The molecule has 2 N–H and O–H groups in total. The molecule has 1 unspecified atom stereocenters. The Morgan fingerprint density at radius 3 is 2.39 bits per heavy atom. The van der Waals surface area contributed by atoms with Crippen LogP contribution in [0.2, 0.25) is 0 Å². The summed E-state index contributed by atoms with van der Waals surface area (Å²) in [5, 5.41) is 13.1. The van der Waals surface area contributed by atoms with Gasteiger partial charge in [0.05, 0.1) is 16.8 Å². The van der Waals surface area contributed by atoms with Crippen molar-refractivity contribution >= 4 is 23.1 Å². The number of carbonyl (C=O) groups is 1. The molecule has 1 atom stereocenters. The molecule has 3 nitrogen and oxygen atoms in total. The molecule has 4 heteroatoms. The maximum absolute atomic E-state index is 12.1.